The van der Waals surface area contributed by atoms with E-state index < -0.39 is 23.2 Å². The van der Waals surface area contributed by atoms with E-state index in [0.29, 0.717) is 5.75 Å². The maximum absolute atomic E-state index is 12.5. The Kier molecular flexibility index (Phi) is 3.67. The molecule has 122 valence electrons. The van der Waals surface area contributed by atoms with Crippen LogP contribution in [-0.4, -0.2) is 40.4 Å². The van der Waals surface area contributed by atoms with Gasteiger partial charge in [0.15, 0.2) is 0 Å². The first-order valence-corrected chi connectivity index (χ1v) is 7.05. The van der Waals surface area contributed by atoms with Crippen LogP contribution in [0.2, 0.25) is 0 Å². The molecular formula is C17H14N2O5. The molecule has 0 fully saturated rings. The van der Waals surface area contributed by atoms with Gasteiger partial charge in [0.1, 0.15) is 5.75 Å². The standard InChI is InChI=1S/C17H14N2O5/c1-24-11-8-6-10(7-9-11)16(22)19(18)17(23)14(20)12-4-2-3-5-13(12)15(17)21/h2-9,23H,18H2,1H3. The number of nitrogens with zero attached hydrogens (tertiary/aromatic N) is 1. The molecule has 0 heterocycles. The van der Waals surface area contributed by atoms with E-state index in [1.54, 1.807) is 12.1 Å². The van der Waals surface area contributed by atoms with Crippen LogP contribution in [0.25, 0.3) is 0 Å². The largest absolute Gasteiger partial charge is 0.497 e. The number of carbonyl (C=O) groups is 3. The Bertz CT molecular complexity index is 809. The van der Waals surface area contributed by atoms with E-state index in [0.717, 1.165) is 0 Å². The van der Waals surface area contributed by atoms with E-state index in [1.165, 1.54) is 43.5 Å². The van der Waals surface area contributed by atoms with Gasteiger partial charge in [0.05, 0.1) is 7.11 Å². The van der Waals surface area contributed by atoms with Crippen LogP contribution >= 0.6 is 0 Å². The van der Waals surface area contributed by atoms with Crippen LogP contribution in [0.5, 0.6) is 5.75 Å². The third kappa shape index (κ3) is 2.10. The highest BCUT2D eigenvalue weighted by atomic mass is 16.5. The Balaban J connectivity index is 1.97. The highest BCUT2D eigenvalue weighted by Crippen LogP contribution is 2.32. The van der Waals surface area contributed by atoms with Gasteiger partial charge in [-0.05, 0) is 24.3 Å². The molecule has 0 saturated carbocycles. The van der Waals surface area contributed by atoms with Crippen molar-refractivity contribution >= 4 is 17.5 Å². The number of nitrogens with two attached hydrogens (primary N) is 1. The van der Waals surface area contributed by atoms with Gasteiger partial charge < -0.3 is 9.84 Å². The maximum atomic E-state index is 12.5. The molecule has 3 rings (SSSR count). The summed E-state index contributed by atoms with van der Waals surface area (Å²) in [6.45, 7) is 0. The average Bonchev–Trinajstić information content (AvgIpc) is 2.83. The summed E-state index contributed by atoms with van der Waals surface area (Å²) >= 11 is 0. The molecule has 0 spiro atoms. The average molecular weight is 326 g/mol. The van der Waals surface area contributed by atoms with Gasteiger partial charge in [-0.3, -0.25) is 14.4 Å². The monoisotopic (exact) mass is 326 g/mol. The molecule has 0 aliphatic heterocycles. The minimum Gasteiger partial charge on any atom is -0.497 e. The zero-order chi connectivity index (χ0) is 17.5. The third-order valence-corrected chi connectivity index (χ3v) is 3.95. The van der Waals surface area contributed by atoms with E-state index in [2.05, 4.69) is 0 Å². The number of methoxy groups -OCH3 is 1. The van der Waals surface area contributed by atoms with Crippen molar-refractivity contribution in [1.82, 2.24) is 5.01 Å². The Morgan fingerprint density at radius 2 is 1.54 bits per heavy atom. The second kappa shape index (κ2) is 5.55. The number of hydrogen-bond donors (Lipinski definition) is 2. The maximum Gasteiger partial charge on any atom is 0.284 e. The van der Waals surface area contributed by atoms with Gasteiger partial charge in [0.25, 0.3) is 11.6 Å². The summed E-state index contributed by atoms with van der Waals surface area (Å²) < 4.78 is 4.99. The fraction of sp³-hybridized carbons (Fsp3) is 0.118. The molecule has 0 bridgehead atoms. The van der Waals surface area contributed by atoms with Crippen LogP contribution in [0.15, 0.2) is 48.5 Å². The molecular weight excluding hydrogens is 312 g/mol. The van der Waals surface area contributed by atoms with Crippen molar-refractivity contribution in [3.63, 3.8) is 0 Å². The molecule has 2 aromatic rings. The van der Waals surface area contributed by atoms with E-state index in [-0.39, 0.29) is 21.7 Å². The minimum absolute atomic E-state index is 0.0305. The molecule has 1 amide bonds. The van der Waals surface area contributed by atoms with Crippen molar-refractivity contribution in [3.8, 4) is 5.75 Å². The Morgan fingerprint density at radius 1 is 1.04 bits per heavy atom. The van der Waals surface area contributed by atoms with E-state index in [9.17, 15) is 19.5 Å². The number of amides is 1. The van der Waals surface area contributed by atoms with Gasteiger partial charge in [-0.15, -0.1) is 0 Å². The Morgan fingerprint density at radius 3 is 2.00 bits per heavy atom. The van der Waals surface area contributed by atoms with Crippen LogP contribution in [-0.2, 0) is 0 Å². The van der Waals surface area contributed by atoms with Crippen LogP contribution in [0.4, 0.5) is 0 Å². The summed E-state index contributed by atoms with van der Waals surface area (Å²) in [5, 5.41) is 10.9. The van der Waals surface area contributed by atoms with Crippen molar-refractivity contribution in [1.29, 1.82) is 0 Å². The summed E-state index contributed by atoms with van der Waals surface area (Å²) in [5.41, 5.74) is -2.59. The van der Waals surface area contributed by atoms with Crippen molar-refractivity contribution in [2.24, 2.45) is 5.84 Å². The zero-order valence-corrected chi connectivity index (χ0v) is 12.7. The fourth-order valence-corrected chi connectivity index (χ4v) is 2.60. The molecule has 24 heavy (non-hydrogen) atoms. The molecule has 0 atom stereocenters. The van der Waals surface area contributed by atoms with Gasteiger partial charge in [0, 0.05) is 16.7 Å². The summed E-state index contributed by atoms with van der Waals surface area (Å²) in [6, 6.07) is 11.8. The van der Waals surface area contributed by atoms with E-state index >= 15 is 0 Å². The number of ketones is 2. The smallest absolute Gasteiger partial charge is 0.284 e. The number of carbonyl (C=O) groups excluding carboxylic acids is 3. The highest BCUT2D eigenvalue weighted by Gasteiger charge is 2.57. The number of fused-ring (bicyclic) bond motifs is 1. The molecule has 2 aromatic carbocycles. The molecule has 0 aromatic heterocycles. The summed E-state index contributed by atoms with van der Waals surface area (Å²) in [7, 11) is 1.47. The van der Waals surface area contributed by atoms with Crippen molar-refractivity contribution in [2.45, 2.75) is 5.72 Å². The van der Waals surface area contributed by atoms with Crippen molar-refractivity contribution in [3.05, 3.63) is 65.2 Å². The number of rotatable bonds is 3. The number of Topliss-reactive ketones (excluding diaryl/α,β-unsaturated/α-hetero) is 2. The fourth-order valence-electron chi connectivity index (χ4n) is 2.60. The number of benzene rings is 2. The van der Waals surface area contributed by atoms with Gasteiger partial charge >= 0.3 is 0 Å². The van der Waals surface area contributed by atoms with Crippen LogP contribution in [0.1, 0.15) is 31.1 Å². The SMILES string of the molecule is COc1ccc(C(=O)N(N)C2(O)C(=O)c3ccccc3C2=O)cc1. The summed E-state index contributed by atoms with van der Waals surface area (Å²) in [4.78, 5) is 37.4. The first-order chi connectivity index (χ1) is 11.4. The molecule has 0 unspecified atom stereocenters. The van der Waals surface area contributed by atoms with Gasteiger partial charge in [0.2, 0.25) is 11.6 Å². The molecule has 0 radical (unpaired) electrons. The first kappa shape index (κ1) is 15.9. The second-order valence-corrected chi connectivity index (χ2v) is 5.28. The normalized spacial score (nSPS) is 15.1. The third-order valence-electron chi connectivity index (χ3n) is 3.95. The number of ether oxygens (including phenoxy) is 1. The first-order valence-electron chi connectivity index (χ1n) is 7.05. The minimum atomic E-state index is -2.75. The lowest BCUT2D eigenvalue weighted by Crippen LogP contribution is -2.62. The molecule has 0 saturated heterocycles. The van der Waals surface area contributed by atoms with Crippen LogP contribution < -0.4 is 10.6 Å². The lowest BCUT2D eigenvalue weighted by molar-refractivity contribution is -0.0389. The van der Waals surface area contributed by atoms with Crippen molar-refractivity contribution in [2.75, 3.05) is 7.11 Å². The summed E-state index contributed by atoms with van der Waals surface area (Å²) in [6.07, 6.45) is 0. The highest BCUT2D eigenvalue weighted by molar-refractivity contribution is 6.32. The zero-order valence-electron chi connectivity index (χ0n) is 12.7. The molecule has 3 N–H and O–H groups in total. The Hall–Kier alpha value is -3.03. The second-order valence-electron chi connectivity index (χ2n) is 5.28. The number of hydrazine groups is 1. The predicted molar refractivity (Wildman–Crippen MR) is 83.4 cm³/mol. The van der Waals surface area contributed by atoms with E-state index in [4.69, 9.17) is 10.6 Å². The molecule has 7 heteroatoms. The van der Waals surface area contributed by atoms with Crippen molar-refractivity contribution < 1.29 is 24.2 Å². The lowest BCUT2D eigenvalue weighted by Gasteiger charge is -2.29. The van der Waals surface area contributed by atoms with E-state index in [1.807, 2.05) is 0 Å². The number of hydrogen-bond acceptors (Lipinski definition) is 6. The van der Waals surface area contributed by atoms with Crippen LogP contribution in [0, 0.1) is 0 Å². The van der Waals surface area contributed by atoms with Gasteiger partial charge in [-0.25, -0.2) is 10.9 Å². The quantitative estimate of drug-likeness (QED) is 0.283. The number of aliphatic hydroxyl groups is 1. The predicted octanol–water partition coefficient (Wildman–Crippen LogP) is 0.779. The molecule has 7 nitrogen and oxygen atoms in total. The van der Waals surface area contributed by atoms with Gasteiger partial charge in [-0.1, -0.05) is 24.3 Å². The Labute approximate surface area is 137 Å². The molecule has 1 aliphatic carbocycles. The topological polar surface area (TPSA) is 110 Å². The van der Waals surface area contributed by atoms with Crippen LogP contribution in [0.3, 0.4) is 0 Å². The van der Waals surface area contributed by atoms with Gasteiger partial charge in [-0.2, -0.15) is 0 Å². The lowest BCUT2D eigenvalue weighted by atomic mass is 10.1. The molecule has 1 aliphatic rings. The summed E-state index contributed by atoms with van der Waals surface area (Å²) in [5.74, 6) is 3.49.